The van der Waals surface area contributed by atoms with E-state index in [-0.39, 0.29) is 19.1 Å². The Balaban J connectivity index is 1.23. The number of hydrogen-bond donors (Lipinski definition) is 0. The summed E-state index contributed by atoms with van der Waals surface area (Å²) < 4.78 is 15.7. The summed E-state index contributed by atoms with van der Waals surface area (Å²) in [4.78, 5) is 40.0. The molecule has 2 aromatic carbocycles. The second-order valence-electron chi connectivity index (χ2n) is 8.06. The van der Waals surface area contributed by atoms with Gasteiger partial charge in [0.15, 0.2) is 13.2 Å². The van der Waals surface area contributed by atoms with Crippen molar-refractivity contribution in [3.63, 3.8) is 0 Å². The van der Waals surface area contributed by atoms with E-state index < -0.39 is 11.6 Å². The van der Waals surface area contributed by atoms with Crippen LogP contribution in [-0.4, -0.2) is 56.2 Å². The summed E-state index contributed by atoms with van der Waals surface area (Å²) in [5.41, 5.74) is 3.07. The smallest absolute Gasteiger partial charge is 0.344 e. The van der Waals surface area contributed by atoms with Crippen LogP contribution < -0.4 is 15.3 Å². The maximum Gasteiger partial charge on any atom is 0.344 e. The van der Waals surface area contributed by atoms with Crippen molar-refractivity contribution >= 4 is 28.5 Å². The van der Waals surface area contributed by atoms with Crippen LogP contribution in [0.4, 0.5) is 5.69 Å². The number of fused-ring (bicyclic) bond motifs is 1. The predicted octanol–water partition coefficient (Wildman–Crippen LogP) is 2.68. The minimum absolute atomic E-state index is 0.227. The molecule has 33 heavy (non-hydrogen) atoms. The van der Waals surface area contributed by atoms with Crippen LogP contribution in [0.5, 0.6) is 5.75 Å². The molecule has 2 heterocycles. The molecule has 0 N–H and O–H groups in total. The van der Waals surface area contributed by atoms with Gasteiger partial charge in [-0.25, -0.2) is 9.59 Å². The largest absolute Gasteiger partial charge is 0.482 e. The van der Waals surface area contributed by atoms with Crippen molar-refractivity contribution in [3.05, 3.63) is 70.1 Å². The fourth-order valence-electron chi connectivity index (χ4n) is 3.85. The molecule has 1 aromatic heterocycles. The van der Waals surface area contributed by atoms with Gasteiger partial charge in [-0.3, -0.25) is 4.79 Å². The normalized spacial score (nSPS) is 13.8. The van der Waals surface area contributed by atoms with Gasteiger partial charge in [-0.1, -0.05) is 12.1 Å². The van der Waals surface area contributed by atoms with E-state index in [0.29, 0.717) is 24.4 Å². The number of amides is 1. The fourth-order valence-corrected chi connectivity index (χ4v) is 3.85. The Kier molecular flexibility index (Phi) is 6.63. The third-order valence-corrected chi connectivity index (χ3v) is 5.64. The molecule has 0 atom stereocenters. The minimum atomic E-state index is -0.646. The standard InChI is InChI=1S/C25H26N2O6/c1-17-4-3-5-19(12-17)26-8-10-27(11-9-26)23(28)15-32-25(30)16-31-20-6-7-21-18(2)13-24(29)33-22(21)14-20/h3-7,12-14H,8-11,15-16H2,1-2H3. The second kappa shape index (κ2) is 9.77. The number of carbonyl (C=O) groups is 2. The van der Waals surface area contributed by atoms with Gasteiger partial charge < -0.3 is 23.7 Å². The quantitative estimate of drug-likeness (QED) is 0.421. The van der Waals surface area contributed by atoms with Crippen molar-refractivity contribution in [1.29, 1.82) is 0 Å². The molecule has 0 unspecified atom stereocenters. The van der Waals surface area contributed by atoms with Crippen LogP contribution in [0.15, 0.2) is 57.7 Å². The highest BCUT2D eigenvalue weighted by Gasteiger charge is 2.22. The number of esters is 1. The zero-order valence-electron chi connectivity index (χ0n) is 18.7. The maximum absolute atomic E-state index is 12.4. The molecule has 0 bridgehead atoms. The summed E-state index contributed by atoms with van der Waals surface area (Å²) in [6, 6.07) is 14.7. The lowest BCUT2D eigenvalue weighted by molar-refractivity contribution is -0.153. The van der Waals surface area contributed by atoms with E-state index in [1.165, 1.54) is 11.6 Å². The lowest BCUT2D eigenvalue weighted by atomic mass is 10.1. The van der Waals surface area contributed by atoms with Crippen molar-refractivity contribution in [3.8, 4) is 5.75 Å². The van der Waals surface area contributed by atoms with Crippen molar-refractivity contribution in [2.45, 2.75) is 13.8 Å². The van der Waals surface area contributed by atoms with Crippen LogP contribution in [0.2, 0.25) is 0 Å². The average Bonchev–Trinajstić information content (AvgIpc) is 2.81. The van der Waals surface area contributed by atoms with E-state index in [2.05, 4.69) is 30.0 Å². The summed E-state index contributed by atoms with van der Waals surface area (Å²) in [7, 11) is 0. The first-order valence-electron chi connectivity index (χ1n) is 10.8. The Hall–Kier alpha value is -3.81. The van der Waals surface area contributed by atoms with Crippen molar-refractivity contribution in [2.24, 2.45) is 0 Å². The van der Waals surface area contributed by atoms with Gasteiger partial charge in [-0.2, -0.15) is 0 Å². The highest BCUT2D eigenvalue weighted by molar-refractivity contribution is 5.82. The number of hydrogen-bond acceptors (Lipinski definition) is 7. The molecule has 1 aliphatic rings. The zero-order chi connectivity index (χ0) is 23.4. The van der Waals surface area contributed by atoms with E-state index in [1.54, 1.807) is 23.1 Å². The van der Waals surface area contributed by atoms with Gasteiger partial charge in [0, 0.05) is 49.4 Å². The Morgan fingerprint density at radius 2 is 1.76 bits per heavy atom. The average molecular weight is 450 g/mol. The predicted molar refractivity (Wildman–Crippen MR) is 124 cm³/mol. The maximum atomic E-state index is 12.4. The number of ether oxygens (including phenoxy) is 2. The highest BCUT2D eigenvalue weighted by atomic mass is 16.6. The number of benzene rings is 2. The van der Waals surface area contributed by atoms with Crippen molar-refractivity contribution < 1.29 is 23.5 Å². The van der Waals surface area contributed by atoms with E-state index >= 15 is 0 Å². The summed E-state index contributed by atoms with van der Waals surface area (Å²) >= 11 is 0. The molecule has 172 valence electrons. The van der Waals surface area contributed by atoms with Crippen LogP contribution >= 0.6 is 0 Å². The second-order valence-corrected chi connectivity index (χ2v) is 8.06. The van der Waals surface area contributed by atoms with Gasteiger partial charge in [-0.15, -0.1) is 0 Å². The van der Waals surface area contributed by atoms with Crippen LogP contribution in [-0.2, 0) is 14.3 Å². The summed E-state index contributed by atoms with van der Waals surface area (Å²) in [5, 5.41) is 0.789. The van der Waals surface area contributed by atoms with Gasteiger partial charge >= 0.3 is 11.6 Å². The number of anilines is 1. The Morgan fingerprint density at radius 3 is 2.52 bits per heavy atom. The summed E-state index contributed by atoms with van der Waals surface area (Å²) in [6.45, 7) is 5.80. The molecule has 1 amide bonds. The zero-order valence-corrected chi connectivity index (χ0v) is 18.7. The van der Waals surface area contributed by atoms with Gasteiger partial charge in [0.25, 0.3) is 5.91 Å². The molecule has 4 rings (SSSR count). The molecule has 3 aromatic rings. The molecule has 1 fully saturated rings. The molecule has 8 heteroatoms. The first-order valence-corrected chi connectivity index (χ1v) is 10.8. The van der Waals surface area contributed by atoms with Crippen LogP contribution in [0.1, 0.15) is 11.1 Å². The molecule has 0 radical (unpaired) electrons. The molecule has 0 aliphatic carbocycles. The Morgan fingerprint density at radius 1 is 0.970 bits per heavy atom. The monoisotopic (exact) mass is 450 g/mol. The number of nitrogens with zero attached hydrogens (tertiary/aromatic N) is 2. The lowest BCUT2D eigenvalue weighted by Crippen LogP contribution is -2.50. The third-order valence-electron chi connectivity index (χ3n) is 5.64. The molecular weight excluding hydrogens is 424 g/mol. The molecule has 1 saturated heterocycles. The number of carbonyl (C=O) groups excluding carboxylic acids is 2. The first-order chi connectivity index (χ1) is 15.9. The van der Waals surface area contributed by atoms with Crippen LogP contribution in [0.25, 0.3) is 11.0 Å². The van der Waals surface area contributed by atoms with Gasteiger partial charge in [0.05, 0.1) is 0 Å². The van der Waals surface area contributed by atoms with Crippen molar-refractivity contribution in [2.75, 3.05) is 44.3 Å². The molecule has 0 spiro atoms. The van der Waals surface area contributed by atoms with E-state index in [4.69, 9.17) is 13.9 Å². The van der Waals surface area contributed by atoms with E-state index in [9.17, 15) is 14.4 Å². The number of aryl methyl sites for hydroxylation is 2. The molecule has 0 saturated carbocycles. The van der Waals surface area contributed by atoms with E-state index in [1.807, 2.05) is 13.0 Å². The molecule has 8 nitrogen and oxygen atoms in total. The lowest BCUT2D eigenvalue weighted by Gasteiger charge is -2.36. The first kappa shape index (κ1) is 22.4. The molecular formula is C25H26N2O6. The van der Waals surface area contributed by atoms with Crippen LogP contribution in [0, 0.1) is 13.8 Å². The van der Waals surface area contributed by atoms with E-state index in [0.717, 1.165) is 29.7 Å². The number of piperazine rings is 1. The Bertz CT molecular complexity index is 1230. The third kappa shape index (κ3) is 5.52. The van der Waals surface area contributed by atoms with Crippen molar-refractivity contribution in [1.82, 2.24) is 4.90 Å². The van der Waals surface area contributed by atoms with Gasteiger partial charge in [-0.05, 0) is 49.2 Å². The minimum Gasteiger partial charge on any atom is -0.482 e. The van der Waals surface area contributed by atoms with Crippen LogP contribution in [0.3, 0.4) is 0 Å². The Labute approximate surface area is 191 Å². The SMILES string of the molecule is Cc1cccc(N2CCN(C(=O)COC(=O)COc3ccc4c(C)cc(=O)oc4c3)CC2)c1. The van der Waals surface area contributed by atoms with Gasteiger partial charge in [0.1, 0.15) is 11.3 Å². The topological polar surface area (TPSA) is 89.3 Å². The summed E-state index contributed by atoms with van der Waals surface area (Å²) in [6.07, 6.45) is 0. The number of rotatable bonds is 6. The fraction of sp³-hybridized carbons (Fsp3) is 0.320. The molecule has 1 aliphatic heterocycles. The van der Waals surface area contributed by atoms with Gasteiger partial charge in [0.2, 0.25) is 0 Å². The summed E-state index contributed by atoms with van der Waals surface area (Å²) in [5.74, 6) is -0.505. The highest BCUT2D eigenvalue weighted by Crippen LogP contribution is 2.22.